The largest absolute Gasteiger partial charge is 0.493 e. The van der Waals surface area contributed by atoms with E-state index in [0.717, 1.165) is 21.5 Å². The highest BCUT2D eigenvalue weighted by atomic mass is 32.1. The lowest BCUT2D eigenvalue weighted by Crippen LogP contribution is -2.03. The molecule has 0 saturated heterocycles. The van der Waals surface area contributed by atoms with Crippen LogP contribution in [0.25, 0.3) is 33.6 Å². The van der Waals surface area contributed by atoms with Crippen LogP contribution in [0.1, 0.15) is 16.5 Å². The molecule has 0 aliphatic carbocycles. The number of thiazole rings is 1. The molecule has 0 fully saturated rings. The first-order chi connectivity index (χ1) is 16.1. The summed E-state index contributed by atoms with van der Waals surface area (Å²) < 4.78 is 21.6. The summed E-state index contributed by atoms with van der Waals surface area (Å²) in [5.41, 5.74) is 2.82. The van der Waals surface area contributed by atoms with Crippen molar-refractivity contribution in [1.82, 2.24) is 15.1 Å². The van der Waals surface area contributed by atoms with Crippen LogP contribution >= 0.6 is 11.3 Å². The van der Waals surface area contributed by atoms with Crippen LogP contribution in [0.15, 0.2) is 61.6 Å². The predicted octanol–water partition coefficient (Wildman–Crippen LogP) is 4.88. The average molecular weight is 461 g/mol. The van der Waals surface area contributed by atoms with Crippen LogP contribution in [-0.2, 0) is 6.42 Å². The Morgan fingerprint density at radius 1 is 1.03 bits per heavy atom. The molecule has 0 unspecified atom stereocenters. The Bertz CT molecular complexity index is 1520. The molecule has 5 aromatic rings. The van der Waals surface area contributed by atoms with E-state index in [4.69, 9.17) is 18.4 Å². The molecule has 0 aliphatic heterocycles. The Labute approximate surface area is 192 Å². The number of aromatic nitrogens is 3. The summed E-state index contributed by atoms with van der Waals surface area (Å²) in [5.74, 6) is 2.05. The van der Waals surface area contributed by atoms with E-state index in [1.807, 2.05) is 42.6 Å². The molecular weight excluding hydrogens is 442 g/mol. The molecule has 3 aromatic heterocycles. The number of hydrogen-bond acceptors (Lipinski definition) is 9. The third-order valence-corrected chi connectivity index (χ3v) is 6.05. The van der Waals surface area contributed by atoms with Crippen molar-refractivity contribution < 1.29 is 18.4 Å². The minimum atomic E-state index is -0.415. The quantitative estimate of drug-likeness (QED) is 0.330. The van der Waals surface area contributed by atoms with Crippen LogP contribution in [0.2, 0.25) is 0 Å². The van der Waals surface area contributed by atoms with Crippen molar-refractivity contribution >= 4 is 22.3 Å². The van der Waals surface area contributed by atoms with E-state index < -0.39 is 5.63 Å². The second kappa shape index (κ2) is 8.51. The fourth-order valence-corrected chi connectivity index (χ4v) is 4.32. The van der Waals surface area contributed by atoms with Gasteiger partial charge in [-0.2, -0.15) is 4.98 Å². The molecule has 0 aliphatic rings. The predicted molar refractivity (Wildman–Crippen MR) is 124 cm³/mol. The van der Waals surface area contributed by atoms with Crippen molar-refractivity contribution in [2.24, 2.45) is 0 Å². The third-order valence-electron chi connectivity index (χ3n) is 5.20. The van der Waals surface area contributed by atoms with Gasteiger partial charge in [-0.15, -0.1) is 11.3 Å². The van der Waals surface area contributed by atoms with Crippen LogP contribution in [0, 0.1) is 6.92 Å². The normalized spacial score (nSPS) is 11.1. The fourth-order valence-electron chi connectivity index (χ4n) is 3.53. The van der Waals surface area contributed by atoms with E-state index in [0.29, 0.717) is 46.5 Å². The second-order valence-corrected chi connectivity index (χ2v) is 8.27. The maximum absolute atomic E-state index is 12.5. The lowest BCUT2D eigenvalue weighted by atomic mass is 10.1. The molecule has 0 N–H and O–H groups in total. The minimum absolute atomic E-state index is 0.350. The standard InChI is InChI=1S/C24H19N3O5S/c1-13-5-4-6-14-9-16(24(28)31-22(13)14)17-12-33-21(25-17)11-20-26-23(27-32-20)15-7-8-18(29-2)19(10-15)30-3/h4-10,12H,11H2,1-3H3. The van der Waals surface area contributed by atoms with E-state index in [2.05, 4.69) is 15.1 Å². The molecule has 0 atom stereocenters. The summed E-state index contributed by atoms with van der Waals surface area (Å²) in [6.45, 7) is 1.91. The zero-order valence-corrected chi connectivity index (χ0v) is 18.9. The highest BCUT2D eigenvalue weighted by Gasteiger charge is 2.16. The Morgan fingerprint density at radius 3 is 2.70 bits per heavy atom. The summed E-state index contributed by atoms with van der Waals surface area (Å²) in [5, 5.41) is 7.50. The SMILES string of the molecule is COc1ccc(-c2noc(Cc3nc(-c4cc5cccc(C)c5oc4=O)cs3)n2)cc1OC. The van der Waals surface area contributed by atoms with Crippen LogP contribution in [0.5, 0.6) is 11.5 Å². The molecule has 2 aromatic carbocycles. The maximum atomic E-state index is 12.5. The molecule has 5 rings (SSSR count). The van der Waals surface area contributed by atoms with Gasteiger partial charge in [0.25, 0.3) is 0 Å². The topological polar surface area (TPSA) is 100 Å². The van der Waals surface area contributed by atoms with Gasteiger partial charge in [0.2, 0.25) is 11.7 Å². The van der Waals surface area contributed by atoms with Gasteiger partial charge in [-0.05, 0) is 36.8 Å². The molecule has 0 saturated carbocycles. The van der Waals surface area contributed by atoms with Gasteiger partial charge in [-0.1, -0.05) is 23.4 Å². The highest BCUT2D eigenvalue weighted by Crippen LogP contribution is 2.31. The number of methoxy groups -OCH3 is 2. The van der Waals surface area contributed by atoms with Crippen molar-refractivity contribution in [3.05, 3.63) is 74.7 Å². The summed E-state index contributed by atoms with van der Waals surface area (Å²) in [6.07, 6.45) is 0.350. The van der Waals surface area contributed by atoms with E-state index in [1.54, 1.807) is 26.4 Å². The Balaban J connectivity index is 1.39. The van der Waals surface area contributed by atoms with Gasteiger partial charge in [0, 0.05) is 16.3 Å². The summed E-state index contributed by atoms with van der Waals surface area (Å²) >= 11 is 1.42. The van der Waals surface area contributed by atoms with Crippen LogP contribution in [0.3, 0.4) is 0 Å². The fraction of sp³-hybridized carbons (Fsp3) is 0.167. The molecule has 9 heteroatoms. The molecule has 8 nitrogen and oxygen atoms in total. The lowest BCUT2D eigenvalue weighted by Gasteiger charge is -2.07. The Kier molecular flexibility index (Phi) is 5.39. The van der Waals surface area contributed by atoms with Crippen LogP contribution in [0.4, 0.5) is 0 Å². The van der Waals surface area contributed by atoms with Crippen molar-refractivity contribution in [2.45, 2.75) is 13.3 Å². The molecule has 0 spiro atoms. The van der Waals surface area contributed by atoms with Gasteiger partial charge in [-0.3, -0.25) is 0 Å². The molecule has 0 amide bonds. The average Bonchev–Trinajstić information content (AvgIpc) is 3.49. The number of fused-ring (bicyclic) bond motifs is 1. The molecule has 166 valence electrons. The van der Waals surface area contributed by atoms with Gasteiger partial charge in [0.1, 0.15) is 10.6 Å². The van der Waals surface area contributed by atoms with Crippen LogP contribution in [-0.4, -0.2) is 29.3 Å². The van der Waals surface area contributed by atoms with Gasteiger partial charge < -0.3 is 18.4 Å². The number of nitrogens with zero attached hydrogens (tertiary/aromatic N) is 3. The summed E-state index contributed by atoms with van der Waals surface area (Å²) in [6, 6.07) is 13.0. The number of hydrogen-bond donors (Lipinski definition) is 0. The van der Waals surface area contributed by atoms with Gasteiger partial charge >= 0.3 is 5.63 Å². The second-order valence-electron chi connectivity index (χ2n) is 7.33. The van der Waals surface area contributed by atoms with Gasteiger partial charge in [0.05, 0.1) is 31.9 Å². The molecule has 3 heterocycles. The van der Waals surface area contributed by atoms with Gasteiger partial charge in [0.15, 0.2) is 11.5 Å². The van der Waals surface area contributed by atoms with Crippen molar-refractivity contribution in [2.75, 3.05) is 14.2 Å². The van der Waals surface area contributed by atoms with E-state index in [9.17, 15) is 4.79 Å². The number of ether oxygens (including phenoxy) is 2. The molecule has 33 heavy (non-hydrogen) atoms. The monoisotopic (exact) mass is 461 g/mol. The summed E-state index contributed by atoms with van der Waals surface area (Å²) in [4.78, 5) is 21.6. The first-order valence-corrected chi connectivity index (χ1v) is 11.0. The van der Waals surface area contributed by atoms with E-state index >= 15 is 0 Å². The van der Waals surface area contributed by atoms with Crippen molar-refractivity contribution in [3.63, 3.8) is 0 Å². The van der Waals surface area contributed by atoms with Crippen LogP contribution < -0.4 is 15.1 Å². The Morgan fingerprint density at radius 2 is 1.88 bits per heavy atom. The molecular formula is C24H19N3O5S. The first kappa shape index (κ1) is 20.9. The molecule has 0 bridgehead atoms. The maximum Gasteiger partial charge on any atom is 0.345 e. The third kappa shape index (κ3) is 3.98. The van der Waals surface area contributed by atoms with Gasteiger partial charge in [-0.25, -0.2) is 9.78 Å². The Hall–Kier alpha value is -3.98. The van der Waals surface area contributed by atoms with E-state index in [1.165, 1.54) is 11.3 Å². The van der Waals surface area contributed by atoms with Crippen molar-refractivity contribution in [3.8, 4) is 34.1 Å². The highest BCUT2D eigenvalue weighted by molar-refractivity contribution is 7.10. The zero-order valence-electron chi connectivity index (χ0n) is 18.1. The molecule has 0 radical (unpaired) electrons. The zero-order chi connectivity index (χ0) is 22.9. The van der Waals surface area contributed by atoms with Crippen molar-refractivity contribution in [1.29, 1.82) is 0 Å². The number of benzene rings is 2. The number of aryl methyl sites for hydroxylation is 1. The lowest BCUT2D eigenvalue weighted by molar-refractivity contribution is 0.355. The number of rotatable bonds is 6. The summed E-state index contributed by atoms with van der Waals surface area (Å²) in [7, 11) is 3.15. The number of para-hydroxylation sites is 1. The smallest absolute Gasteiger partial charge is 0.345 e. The first-order valence-electron chi connectivity index (χ1n) is 10.1. The van der Waals surface area contributed by atoms with E-state index in [-0.39, 0.29) is 0 Å². The minimum Gasteiger partial charge on any atom is -0.493 e.